The number of nitrogens with one attached hydrogen (secondary N) is 1. The van der Waals surface area contributed by atoms with Gasteiger partial charge < -0.3 is 10.2 Å². The van der Waals surface area contributed by atoms with Crippen LogP contribution < -0.4 is 5.32 Å². The van der Waals surface area contributed by atoms with E-state index in [2.05, 4.69) is 12.2 Å². The van der Waals surface area contributed by atoms with Gasteiger partial charge in [0.2, 0.25) is 21.8 Å². The lowest BCUT2D eigenvalue weighted by Gasteiger charge is -2.20. The van der Waals surface area contributed by atoms with Gasteiger partial charge in [-0.15, -0.1) is 0 Å². The molecule has 2 aliphatic rings. The third-order valence-electron chi connectivity index (χ3n) is 5.69. The van der Waals surface area contributed by atoms with Crippen molar-refractivity contribution in [2.45, 2.75) is 56.8 Å². The topological polar surface area (TPSA) is 86.8 Å². The van der Waals surface area contributed by atoms with E-state index >= 15 is 0 Å². The van der Waals surface area contributed by atoms with E-state index in [0.717, 1.165) is 38.5 Å². The predicted octanol–water partition coefficient (Wildman–Crippen LogP) is 2.84. The normalized spacial score (nSPS) is 21.2. The van der Waals surface area contributed by atoms with E-state index < -0.39 is 10.0 Å². The van der Waals surface area contributed by atoms with Gasteiger partial charge in [-0.1, -0.05) is 26.2 Å². The highest BCUT2D eigenvalue weighted by atomic mass is 32.2. The molecule has 2 saturated heterocycles. The number of benzene rings is 1. The van der Waals surface area contributed by atoms with Crippen LogP contribution in [-0.4, -0.2) is 55.6 Å². The van der Waals surface area contributed by atoms with Crippen molar-refractivity contribution in [3.05, 3.63) is 24.3 Å². The zero-order valence-corrected chi connectivity index (χ0v) is 17.9. The van der Waals surface area contributed by atoms with Crippen molar-refractivity contribution >= 4 is 27.5 Å². The third kappa shape index (κ3) is 5.36. The fraction of sp³-hybridized carbons (Fsp3) is 0.619. The Labute approximate surface area is 173 Å². The van der Waals surface area contributed by atoms with Gasteiger partial charge in [0.25, 0.3) is 0 Å². The standard InChI is InChI=1S/C21H31N3O4S/c1-2-3-12-23-16-17(15-20(23)25)21(26)22-18-8-10-19(11-9-18)29(27,28)24-13-6-4-5-7-14-24/h8-11,17H,2-7,12-16H2,1H3,(H,22,26). The smallest absolute Gasteiger partial charge is 0.243 e. The molecule has 2 amide bonds. The number of hydrogen-bond donors (Lipinski definition) is 1. The molecule has 0 bridgehead atoms. The Kier molecular flexibility index (Phi) is 7.29. The summed E-state index contributed by atoms with van der Waals surface area (Å²) in [4.78, 5) is 26.6. The fourth-order valence-electron chi connectivity index (χ4n) is 3.90. The Morgan fingerprint density at radius 1 is 1.10 bits per heavy atom. The molecule has 1 aromatic carbocycles. The number of anilines is 1. The van der Waals surface area contributed by atoms with Gasteiger partial charge in [-0.05, 0) is 43.5 Å². The molecule has 3 rings (SSSR count). The van der Waals surface area contributed by atoms with Crippen LogP contribution in [0.4, 0.5) is 5.69 Å². The zero-order valence-electron chi connectivity index (χ0n) is 17.1. The molecule has 1 aromatic rings. The monoisotopic (exact) mass is 421 g/mol. The van der Waals surface area contributed by atoms with E-state index in [-0.39, 0.29) is 29.0 Å². The van der Waals surface area contributed by atoms with Crippen molar-refractivity contribution in [1.82, 2.24) is 9.21 Å². The van der Waals surface area contributed by atoms with Gasteiger partial charge in [0.1, 0.15) is 0 Å². The number of likely N-dealkylation sites (tertiary alicyclic amines) is 1. The van der Waals surface area contributed by atoms with Gasteiger partial charge >= 0.3 is 0 Å². The minimum atomic E-state index is -3.50. The van der Waals surface area contributed by atoms with Crippen LogP contribution in [-0.2, 0) is 19.6 Å². The maximum absolute atomic E-state index is 12.8. The number of nitrogens with zero attached hydrogens (tertiary/aromatic N) is 2. The summed E-state index contributed by atoms with van der Waals surface area (Å²) in [6.45, 7) is 4.34. The number of sulfonamides is 1. The van der Waals surface area contributed by atoms with Gasteiger partial charge in [-0.3, -0.25) is 9.59 Å². The Hall–Kier alpha value is -1.93. The van der Waals surface area contributed by atoms with Crippen molar-refractivity contribution in [3.8, 4) is 0 Å². The number of hydrogen-bond acceptors (Lipinski definition) is 4. The van der Waals surface area contributed by atoms with Crippen LogP contribution in [0.5, 0.6) is 0 Å². The summed E-state index contributed by atoms with van der Waals surface area (Å²) in [5, 5.41) is 2.82. The molecule has 0 aromatic heterocycles. The molecule has 160 valence electrons. The van der Waals surface area contributed by atoms with Gasteiger partial charge in [-0.2, -0.15) is 4.31 Å². The summed E-state index contributed by atoms with van der Waals surface area (Å²) in [5.41, 5.74) is 0.546. The molecule has 0 radical (unpaired) electrons. The Morgan fingerprint density at radius 3 is 2.38 bits per heavy atom. The lowest BCUT2D eigenvalue weighted by atomic mass is 10.1. The lowest BCUT2D eigenvalue weighted by molar-refractivity contribution is -0.128. The fourth-order valence-corrected chi connectivity index (χ4v) is 5.42. The molecule has 0 aliphatic carbocycles. The number of unbranched alkanes of at least 4 members (excludes halogenated alkanes) is 1. The second-order valence-corrected chi connectivity index (χ2v) is 9.86. The summed E-state index contributed by atoms with van der Waals surface area (Å²) < 4.78 is 27.2. The van der Waals surface area contributed by atoms with Gasteiger partial charge in [0, 0.05) is 38.3 Å². The van der Waals surface area contributed by atoms with Gasteiger partial charge in [0.15, 0.2) is 0 Å². The van der Waals surface area contributed by atoms with Crippen molar-refractivity contribution in [1.29, 1.82) is 0 Å². The largest absolute Gasteiger partial charge is 0.342 e. The first-order chi connectivity index (χ1) is 13.9. The average Bonchev–Trinajstić information content (AvgIpc) is 2.90. The second kappa shape index (κ2) is 9.71. The molecule has 1 unspecified atom stereocenters. The minimum absolute atomic E-state index is 0.0255. The van der Waals surface area contributed by atoms with E-state index in [4.69, 9.17) is 0 Å². The van der Waals surface area contributed by atoms with Crippen molar-refractivity contribution in [2.24, 2.45) is 5.92 Å². The SMILES string of the molecule is CCCCN1CC(C(=O)Nc2ccc(S(=O)(=O)N3CCCCCC3)cc2)CC1=O. The third-order valence-corrected chi connectivity index (χ3v) is 7.60. The van der Waals surface area contributed by atoms with Gasteiger partial charge in [0.05, 0.1) is 10.8 Å². The molecule has 7 nitrogen and oxygen atoms in total. The highest BCUT2D eigenvalue weighted by molar-refractivity contribution is 7.89. The van der Waals surface area contributed by atoms with Crippen molar-refractivity contribution in [2.75, 3.05) is 31.5 Å². The number of amides is 2. The highest BCUT2D eigenvalue weighted by Gasteiger charge is 2.34. The van der Waals surface area contributed by atoms with E-state index in [1.807, 2.05) is 0 Å². The molecular weight excluding hydrogens is 390 g/mol. The van der Waals surface area contributed by atoms with E-state index in [1.54, 1.807) is 33.5 Å². The minimum Gasteiger partial charge on any atom is -0.342 e. The van der Waals surface area contributed by atoms with Crippen LogP contribution in [0.25, 0.3) is 0 Å². The lowest BCUT2D eigenvalue weighted by Crippen LogP contribution is -2.32. The van der Waals surface area contributed by atoms with Crippen LogP contribution in [0.3, 0.4) is 0 Å². The van der Waals surface area contributed by atoms with Crippen LogP contribution in [0.2, 0.25) is 0 Å². The number of carbonyl (C=O) groups is 2. The molecule has 2 aliphatic heterocycles. The van der Waals surface area contributed by atoms with Crippen LogP contribution in [0.1, 0.15) is 51.9 Å². The summed E-state index contributed by atoms with van der Waals surface area (Å²) in [5.74, 6) is -0.530. The molecule has 1 N–H and O–H groups in total. The molecule has 8 heteroatoms. The zero-order chi connectivity index (χ0) is 20.9. The quantitative estimate of drug-likeness (QED) is 0.733. The Bertz CT molecular complexity index is 815. The summed E-state index contributed by atoms with van der Waals surface area (Å²) in [6, 6.07) is 6.33. The Morgan fingerprint density at radius 2 is 1.76 bits per heavy atom. The molecule has 0 spiro atoms. The molecule has 29 heavy (non-hydrogen) atoms. The van der Waals surface area contributed by atoms with Crippen molar-refractivity contribution in [3.63, 3.8) is 0 Å². The van der Waals surface area contributed by atoms with Crippen LogP contribution in [0, 0.1) is 5.92 Å². The summed E-state index contributed by atoms with van der Waals surface area (Å²) in [6.07, 6.45) is 6.09. The first kappa shape index (κ1) is 21.8. The average molecular weight is 422 g/mol. The maximum Gasteiger partial charge on any atom is 0.243 e. The maximum atomic E-state index is 12.8. The number of rotatable bonds is 7. The first-order valence-corrected chi connectivity index (χ1v) is 12.0. The summed E-state index contributed by atoms with van der Waals surface area (Å²) in [7, 11) is -3.50. The highest BCUT2D eigenvalue weighted by Crippen LogP contribution is 2.23. The van der Waals surface area contributed by atoms with E-state index in [9.17, 15) is 18.0 Å². The molecular formula is C21H31N3O4S. The van der Waals surface area contributed by atoms with E-state index in [0.29, 0.717) is 31.9 Å². The second-order valence-electron chi connectivity index (χ2n) is 7.93. The first-order valence-electron chi connectivity index (χ1n) is 10.6. The Balaban J connectivity index is 1.60. The molecule has 0 saturated carbocycles. The van der Waals surface area contributed by atoms with Crippen LogP contribution >= 0.6 is 0 Å². The van der Waals surface area contributed by atoms with E-state index in [1.165, 1.54) is 0 Å². The molecule has 2 fully saturated rings. The molecule has 1 atom stereocenters. The number of carbonyl (C=O) groups excluding carboxylic acids is 2. The van der Waals surface area contributed by atoms with Gasteiger partial charge in [-0.25, -0.2) is 8.42 Å². The van der Waals surface area contributed by atoms with Crippen molar-refractivity contribution < 1.29 is 18.0 Å². The predicted molar refractivity (Wildman–Crippen MR) is 112 cm³/mol. The summed E-state index contributed by atoms with van der Waals surface area (Å²) >= 11 is 0. The molecule has 2 heterocycles. The van der Waals surface area contributed by atoms with Crippen LogP contribution in [0.15, 0.2) is 29.2 Å².